The van der Waals surface area contributed by atoms with E-state index in [0.29, 0.717) is 12.1 Å². The van der Waals surface area contributed by atoms with Gasteiger partial charge in [0.2, 0.25) is 5.91 Å². The molecule has 19 heteroatoms. The third kappa shape index (κ3) is 8.42. The number of methoxy groups -OCH3 is 1. The molecule has 1 amide bonds. The number of aryl methyl sites for hydroxylation is 1. The second-order valence-electron chi connectivity index (χ2n) is 10.5. The number of esters is 1. The van der Waals surface area contributed by atoms with E-state index >= 15 is 0 Å². The average molecular weight is 683 g/mol. The molecule has 47 heavy (non-hydrogen) atoms. The summed E-state index contributed by atoms with van der Waals surface area (Å²) in [6.07, 6.45) is -15.9. The van der Waals surface area contributed by atoms with Crippen molar-refractivity contribution in [3.63, 3.8) is 0 Å². The van der Waals surface area contributed by atoms with E-state index in [1.807, 2.05) is 0 Å². The van der Waals surface area contributed by atoms with Crippen molar-refractivity contribution in [2.75, 3.05) is 16.9 Å². The van der Waals surface area contributed by atoms with Crippen molar-refractivity contribution in [3.05, 3.63) is 58.7 Å². The molecule has 0 fully saturated rings. The third-order valence-corrected chi connectivity index (χ3v) is 7.35. The van der Waals surface area contributed by atoms with Crippen molar-refractivity contribution in [1.29, 1.82) is 0 Å². The van der Waals surface area contributed by atoms with Gasteiger partial charge in [-0.1, -0.05) is 12.0 Å². The Morgan fingerprint density at radius 3 is 2.11 bits per heavy atom. The Hall–Kier alpha value is -4.58. The number of tetrazole rings is 1. The number of ether oxygens (including phenoxy) is 2. The summed E-state index contributed by atoms with van der Waals surface area (Å²) >= 11 is 0. The largest absolute Gasteiger partial charge is 0.573 e. The predicted molar refractivity (Wildman–Crippen MR) is 145 cm³/mol. The van der Waals surface area contributed by atoms with Gasteiger partial charge in [0, 0.05) is 30.3 Å². The summed E-state index contributed by atoms with van der Waals surface area (Å²) in [7, 11) is 2.48. The highest BCUT2D eigenvalue weighted by Gasteiger charge is 2.42. The van der Waals surface area contributed by atoms with Gasteiger partial charge >= 0.3 is 24.7 Å². The van der Waals surface area contributed by atoms with Crippen LogP contribution in [-0.2, 0) is 40.3 Å². The van der Waals surface area contributed by atoms with Crippen molar-refractivity contribution in [2.45, 2.75) is 70.0 Å². The van der Waals surface area contributed by atoms with Crippen LogP contribution in [0.1, 0.15) is 60.9 Å². The Morgan fingerprint density at radius 2 is 1.60 bits per heavy atom. The fraction of sp³-hybridized carbons (Fsp3) is 0.464. The smallest absolute Gasteiger partial charge is 0.469 e. The third-order valence-electron chi connectivity index (χ3n) is 7.35. The first-order valence-electron chi connectivity index (χ1n) is 13.9. The molecule has 2 heterocycles. The number of anilines is 2. The molecule has 0 N–H and O–H groups in total. The zero-order chi connectivity index (χ0) is 34.9. The van der Waals surface area contributed by atoms with Crippen molar-refractivity contribution in [2.24, 2.45) is 7.05 Å². The molecule has 1 aromatic heterocycles. The number of halogens is 9. The van der Waals surface area contributed by atoms with Crippen molar-refractivity contribution in [1.82, 2.24) is 20.2 Å². The van der Waals surface area contributed by atoms with Crippen LogP contribution < -0.4 is 14.5 Å². The summed E-state index contributed by atoms with van der Waals surface area (Å²) < 4.78 is 131. The molecule has 256 valence electrons. The molecule has 0 saturated carbocycles. The van der Waals surface area contributed by atoms with Gasteiger partial charge in [0.1, 0.15) is 5.75 Å². The lowest BCUT2D eigenvalue weighted by Gasteiger charge is -2.44. The van der Waals surface area contributed by atoms with Gasteiger partial charge in [0.25, 0.3) is 5.95 Å². The van der Waals surface area contributed by atoms with Crippen molar-refractivity contribution >= 4 is 23.5 Å². The topological polar surface area (TPSA) is 103 Å². The molecule has 3 aromatic rings. The van der Waals surface area contributed by atoms with Gasteiger partial charge in [-0.15, -0.1) is 18.3 Å². The Kier molecular flexibility index (Phi) is 9.96. The van der Waals surface area contributed by atoms with Gasteiger partial charge in [0.15, 0.2) is 0 Å². The lowest BCUT2D eigenvalue weighted by Crippen LogP contribution is -2.48. The molecule has 0 unspecified atom stereocenters. The molecule has 2 atom stereocenters. The van der Waals surface area contributed by atoms with Crippen LogP contribution in [0, 0.1) is 0 Å². The molecule has 0 bridgehead atoms. The van der Waals surface area contributed by atoms with E-state index in [1.165, 1.54) is 22.9 Å². The molecule has 0 saturated heterocycles. The number of hydrogen-bond acceptors (Lipinski definition) is 8. The number of benzene rings is 2. The van der Waals surface area contributed by atoms with E-state index in [0.717, 1.165) is 24.0 Å². The highest BCUT2D eigenvalue weighted by atomic mass is 19.4. The van der Waals surface area contributed by atoms with E-state index < -0.39 is 71.7 Å². The molecule has 4 rings (SSSR count). The molecule has 1 aliphatic rings. The number of carbonyl (C=O) groups is 2. The zero-order valence-corrected chi connectivity index (χ0v) is 24.9. The Bertz CT molecular complexity index is 1570. The van der Waals surface area contributed by atoms with Gasteiger partial charge in [-0.2, -0.15) is 31.1 Å². The van der Waals surface area contributed by atoms with Crippen LogP contribution in [0.25, 0.3) is 0 Å². The molecule has 10 nitrogen and oxygen atoms in total. The van der Waals surface area contributed by atoms with Crippen LogP contribution in [0.15, 0.2) is 36.4 Å². The van der Waals surface area contributed by atoms with E-state index in [1.54, 1.807) is 6.92 Å². The van der Waals surface area contributed by atoms with E-state index in [-0.39, 0.29) is 48.9 Å². The van der Waals surface area contributed by atoms with Crippen LogP contribution in [0.3, 0.4) is 0 Å². The predicted octanol–water partition coefficient (Wildman–Crippen LogP) is 6.36. The monoisotopic (exact) mass is 682 g/mol. The molecule has 0 spiro atoms. The standard InChI is InChI=1S/C28H27F9N6O4/c1-4-18-12-22(20-13-19(47-28(35,36)37)5-6-21(20)43(18)23(44)7-8-24(45)46-3)42(25-38-40-41(2)39-25)14-15-9-16(26(29,30)31)11-17(10-15)27(32,33)34/h5-6,9-11,13,18,22H,4,7-8,12,14H2,1-3H3/t18-,22+/m1/s1. The van der Waals surface area contributed by atoms with Crippen LogP contribution >= 0.6 is 0 Å². The maximum absolute atomic E-state index is 13.7. The summed E-state index contributed by atoms with van der Waals surface area (Å²) in [5, 5.41) is 11.7. The van der Waals surface area contributed by atoms with Gasteiger partial charge < -0.3 is 19.3 Å². The fourth-order valence-electron chi connectivity index (χ4n) is 5.33. The SMILES string of the molecule is CC[C@@H]1C[C@H](N(Cc2cc(C(F)(F)F)cc(C(F)(F)F)c2)c2nnn(C)n2)c2cc(OC(F)(F)F)ccc2N1C(=O)CCC(=O)OC. The number of nitrogens with zero attached hydrogens (tertiary/aromatic N) is 6. The summed E-state index contributed by atoms with van der Waals surface area (Å²) in [6, 6.07) is 2.29. The van der Waals surface area contributed by atoms with Crippen molar-refractivity contribution < 1.29 is 58.6 Å². The first-order valence-corrected chi connectivity index (χ1v) is 13.9. The summed E-state index contributed by atoms with van der Waals surface area (Å²) in [5.74, 6) is -2.24. The van der Waals surface area contributed by atoms with E-state index in [4.69, 9.17) is 0 Å². The minimum absolute atomic E-state index is 0.00154. The van der Waals surface area contributed by atoms with Gasteiger partial charge in [-0.3, -0.25) is 9.59 Å². The normalized spacial score (nSPS) is 16.9. The number of hydrogen-bond donors (Lipinski definition) is 0. The second-order valence-corrected chi connectivity index (χ2v) is 10.5. The zero-order valence-electron chi connectivity index (χ0n) is 24.9. The number of alkyl halides is 9. The highest BCUT2D eigenvalue weighted by molar-refractivity contribution is 5.97. The molecule has 2 aromatic carbocycles. The Morgan fingerprint density at radius 1 is 0.957 bits per heavy atom. The first-order chi connectivity index (χ1) is 21.8. The fourth-order valence-corrected chi connectivity index (χ4v) is 5.33. The van der Waals surface area contributed by atoms with E-state index in [9.17, 15) is 49.1 Å². The lowest BCUT2D eigenvalue weighted by molar-refractivity contribution is -0.274. The minimum atomic E-state index is -5.15. The maximum Gasteiger partial charge on any atom is 0.573 e. The molecular formula is C28H27F9N6O4. The maximum atomic E-state index is 13.7. The quantitative estimate of drug-likeness (QED) is 0.190. The number of aromatic nitrogens is 4. The first kappa shape index (κ1) is 35.3. The van der Waals surface area contributed by atoms with Crippen LogP contribution in [0.2, 0.25) is 0 Å². The van der Waals surface area contributed by atoms with E-state index in [2.05, 4.69) is 24.9 Å². The molecule has 0 aliphatic carbocycles. The minimum Gasteiger partial charge on any atom is -0.469 e. The lowest BCUT2D eigenvalue weighted by atomic mass is 9.87. The number of amides is 1. The average Bonchev–Trinajstić information content (AvgIpc) is 3.41. The van der Waals surface area contributed by atoms with Gasteiger partial charge in [-0.05, 0) is 60.0 Å². The van der Waals surface area contributed by atoms with Crippen LogP contribution in [0.5, 0.6) is 5.75 Å². The Balaban J connectivity index is 1.89. The Labute approximate surface area is 261 Å². The van der Waals surface area contributed by atoms with Gasteiger partial charge in [-0.25, -0.2) is 0 Å². The van der Waals surface area contributed by atoms with Crippen LogP contribution in [0.4, 0.5) is 51.1 Å². The van der Waals surface area contributed by atoms with Crippen molar-refractivity contribution in [3.8, 4) is 5.75 Å². The second kappa shape index (κ2) is 13.3. The van der Waals surface area contributed by atoms with Gasteiger partial charge in [0.05, 0.1) is 37.7 Å². The number of fused-ring (bicyclic) bond motifs is 1. The number of rotatable bonds is 9. The highest BCUT2D eigenvalue weighted by Crippen LogP contribution is 2.46. The number of carbonyl (C=O) groups excluding carboxylic acids is 2. The molecule has 0 radical (unpaired) electrons. The van der Waals surface area contributed by atoms with Crippen LogP contribution in [-0.4, -0.2) is 51.6 Å². The summed E-state index contributed by atoms with van der Waals surface area (Å²) in [4.78, 5) is 28.6. The molecular weight excluding hydrogens is 655 g/mol. The summed E-state index contributed by atoms with van der Waals surface area (Å²) in [5.41, 5.74) is -3.54. The summed E-state index contributed by atoms with van der Waals surface area (Å²) in [6.45, 7) is 1.02. The molecule has 1 aliphatic heterocycles.